The highest BCUT2D eigenvalue weighted by Gasteiger charge is 2.28. The Labute approximate surface area is 119 Å². The Hall–Kier alpha value is -1.39. The van der Waals surface area contributed by atoms with E-state index in [-0.39, 0.29) is 0 Å². The van der Waals surface area contributed by atoms with Crippen molar-refractivity contribution in [1.29, 1.82) is 0 Å². The number of nitrogens with zero attached hydrogens (tertiary/aromatic N) is 3. The smallest absolute Gasteiger partial charge is 0.111 e. The maximum absolute atomic E-state index is 4.88. The van der Waals surface area contributed by atoms with Crippen LogP contribution in [0.3, 0.4) is 0 Å². The van der Waals surface area contributed by atoms with E-state index in [2.05, 4.69) is 39.0 Å². The molecule has 2 aliphatic rings. The van der Waals surface area contributed by atoms with E-state index in [0.29, 0.717) is 6.04 Å². The van der Waals surface area contributed by atoms with Gasteiger partial charge in [0.2, 0.25) is 0 Å². The second kappa shape index (κ2) is 5.19. The van der Waals surface area contributed by atoms with Gasteiger partial charge in [-0.1, -0.05) is 12.1 Å². The van der Waals surface area contributed by atoms with Gasteiger partial charge in [-0.3, -0.25) is 0 Å². The largest absolute Gasteiger partial charge is 0.325 e. The first-order valence-electron chi connectivity index (χ1n) is 7.81. The molecule has 1 saturated carbocycles. The SMILES string of the molecule is c1ccc2c(c1)nc(CCN1CCNCC1)n2C1CC1. The van der Waals surface area contributed by atoms with E-state index in [0.717, 1.165) is 31.6 Å². The molecule has 2 fully saturated rings. The molecule has 0 radical (unpaired) electrons. The molecule has 0 amide bonds. The van der Waals surface area contributed by atoms with Crippen molar-refractivity contribution >= 4 is 11.0 Å². The molecular weight excluding hydrogens is 248 g/mol. The van der Waals surface area contributed by atoms with Crippen LogP contribution >= 0.6 is 0 Å². The van der Waals surface area contributed by atoms with Crippen molar-refractivity contribution < 1.29 is 0 Å². The summed E-state index contributed by atoms with van der Waals surface area (Å²) in [7, 11) is 0. The van der Waals surface area contributed by atoms with Crippen molar-refractivity contribution in [3.63, 3.8) is 0 Å². The zero-order valence-corrected chi connectivity index (χ0v) is 11.9. The third kappa shape index (κ3) is 2.34. The zero-order valence-electron chi connectivity index (χ0n) is 11.9. The number of hydrogen-bond acceptors (Lipinski definition) is 3. The van der Waals surface area contributed by atoms with Crippen LogP contribution < -0.4 is 5.32 Å². The minimum absolute atomic E-state index is 0.709. The molecule has 2 heterocycles. The molecule has 1 N–H and O–H groups in total. The Bertz CT molecular complexity index is 594. The molecule has 2 aromatic rings. The lowest BCUT2D eigenvalue weighted by Gasteiger charge is -2.27. The summed E-state index contributed by atoms with van der Waals surface area (Å²) >= 11 is 0. The fraction of sp³-hybridized carbons (Fsp3) is 0.562. The molecule has 4 heteroatoms. The van der Waals surface area contributed by atoms with Crippen LogP contribution in [0.15, 0.2) is 24.3 Å². The van der Waals surface area contributed by atoms with Gasteiger partial charge in [-0.25, -0.2) is 4.98 Å². The van der Waals surface area contributed by atoms with Crippen LogP contribution in [0.4, 0.5) is 0 Å². The molecule has 0 bridgehead atoms. The summed E-state index contributed by atoms with van der Waals surface area (Å²) in [5, 5.41) is 3.41. The third-order valence-corrected chi connectivity index (χ3v) is 4.44. The zero-order chi connectivity index (χ0) is 13.4. The molecule has 106 valence electrons. The van der Waals surface area contributed by atoms with Crippen LogP contribution in [-0.4, -0.2) is 47.2 Å². The Morgan fingerprint density at radius 2 is 1.95 bits per heavy atom. The summed E-state index contributed by atoms with van der Waals surface area (Å²) in [4.78, 5) is 7.43. The van der Waals surface area contributed by atoms with Crippen molar-refractivity contribution in [2.24, 2.45) is 0 Å². The standard InChI is InChI=1S/C16H22N4/c1-2-4-15-14(3-1)18-16(20(15)13-5-6-13)7-10-19-11-8-17-9-12-19/h1-4,13,17H,5-12H2. The van der Waals surface area contributed by atoms with Gasteiger partial charge in [-0.2, -0.15) is 0 Å². The van der Waals surface area contributed by atoms with Crippen molar-refractivity contribution in [1.82, 2.24) is 19.8 Å². The number of para-hydroxylation sites is 2. The van der Waals surface area contributed by atoms with Crippen molar-refractivity contribution in [3.05, 3.63) is 30.1 Å². The fourth-order valence-electron chi connectivity index (χ4n) is 3.20. The Morgan fingerprint density at radius 1 is 1.15 bits per heavy atom. The monoisotopic (exact) mass is 270 g/mol. The van der Waals surface area contributed by atoms with Gasteiger partial charge in [-0.15, -0.1) is 0 Å². The highest BCUT2D eigenvalue weighted by atomic mass is 15.2. The van der Waals surface area contributed by atoms with Crippen molar-refractivity contribution in [2.75, 3.05) is 32.7 Å². The predicted octanol–water partition coefficient (Wildman–Crippen LogP) is 1.82. The fourth-order valence-corrected chi connectivity index (χ4v) is 3.20. The summed E-state index contributed by atoms with van der Waals surface area (Å²) in [6.07, 6.45) is 3.72. The number of nitrogens with one attached hydrogen (secondary N) is 1. The van der Waals surface area contributed by atoms with Crippen LogP contribution in [0.2, 0.25) is 0 Å². The van der Waals surface area contributed by atoms with E-state index in [9.17, 15) is 0 Å². The van der Waals surface area contributed by atoms with Gasteiger partial charge in [0.05, 0.1) is 11.0 Å². The number of benzene rings is 1. The maximum atomic E-state index is 4.88. The Morgan fingerprint density at radius 3 is 2.75 bits per heavy atom. The van der Waals surface area contributed by atoms with E-state index < -0.39 is 0 Å². The topological polar surface area (TPSA) is 33.1 Å². The summed E-state index contributed by atoms with van der Waals surface area (Å²) in [6.45, 7) is 5.73. The number of rotatable bonds is 4. The van der Waals surface area contributed by atoms with Gasteiger partial charge in [-0.05, 0) is 25.0 Å². The molecule has 0 spiro atoms. The number of fused-ring (bicyclic) bond motifs is 1. The van der Waals surface area contributed by atoms with E-state index in [4.69, 9.17) is 4.98 Å². The van der Waals surface area contributed by atoms with Gasteiger partial charge in [0.25, 0.3) is 0 Å². The average molecular weight is 270 g/mol. The second-order valence-corrected chi connectivity index (χ2v) is 5.96. The van der Waals surface area contributed by atoms with Gasteiger partial charge in [0.15, 0.2) is 0 Å². The minimum atomic E-state index is 0.709. The first kappa shape index (κ1) is 12.4. The first-order chi connectivity index (χ1) is 9.92. The third-order valence-electron chi connectivity index (χ3n) is 4.44. The molecule has 1 aromatic carbocycles. The van der Waals surface area contributed by atoms with Crippen molar-refractivity contribution in [3.8, 4) is 0 Å². The van der Waals surface area contributed by atoms with Gasteiger partial charge < -0.3 is 14.8 Å². The molecule has 4 nitrogen and oxygen atoms in total. The molecule has 1 aliphatic carbocycles. The summed E-state index contributed by atoms with van der Waals surface area (Å²) < 4.78 is 2.50. The molecule has 1 saturated heterocycles. The molecule has 0 unspecified atom stereocenters. The summed E-state index contributed by atoms with van der Waals surface area (Å²) in [6, 6.07) is 9.29. The lowest BCUT2D eigenvalue weighted by atomic mass is 10.3. The van der Waals surface area contributed by atoms with E-state index in [1.165, 1.54) is 37.3 Å². The van der Waals surface area contributed by atoms with Crippen LogP contribution in [-0.2, 0) is 6.42 Å². The highest BCUT2D eigenvalue weighted by Crippen LogP contribution is 2.38. The van der Waals surface area contributed by atoms with Crippen LogP contribution in [0, 0.1) is 0 Å². The maximum Gasteiger partial charge on any atom is 0.111 e. The summed E-state index contributed by atoms with van der Waals surface area (Å²) in [5.74, 6) is 1.28. The number of hydrogen-bond donors (Lipinski definition) is 1. The molecule has 1 aromatic heterocycles. The van der Waals surface area contributed by atoms with Gasteiger partial charge >= 0.3 is 0 Å². The molecule has 4 rings (SSSR count). The predicted molar refractivity (Wildman–Crippen MR) is 81.0 cm³/mol. The normalized spacial score (nSPS) is 20.6. The molecule has 0 atom stereocenters. The van der Waals surface area contributed by atoms with Gasteiger partial charge in [0, 0.05) is 45.2 Å². The van der Waals surface area contributed by atoms with Crippen LogP contribution in [0.5, 0.6) is 0 Å². The van der Waals surface area contributed by atoms with E-state index in [1.54, 1.807) is 0 Å². The van der Waals surface area contributed by atoms with E-state index >= 15 is 0 Å². The van der Waals surface area contributed by atoms with Crippen molar-refractivity contribution in [2.45, 2.75) is 25.3 Å². The Kier molecular flexibility index (Phi) is 3.20. The average Bonchev–Trinajstić information content (AvgIpc) is 3.27. The Balaban J connectivity index is 1.57. The lowest BCUT2D eigenvalue weighted by Crippen LogP contribution is -2.44. The van der Waals surface area contributed by atoms with Gasteiger partial charge in [0.1, 0.15) is 5.82 Å². The molecular formula is C16H22N4. The number of piperazine rings is 1. The summed E-state index contributed by atoms with van der Waals surface area (Å²) in [5.41, 5.74) is 2.49. The number of imidazole rings is 1. The second-order valence-electron chi connectivity index (χ2n) is 5.96. The first-order valence-corrected chi connectivity index (χ1v) is 7.81. The molecule has 1 aliphatic heterocycles. The highest BCUT2D eigenvalue weighted by molar-refractivity contribution is 5.76. The quantitative estimate of drug-likeness (QED) is 0.920. The minimum Gasteiger partial charge on any atom is -0.325 e. The molecule has 20 heavy (non-hydrogen) atoms. The van der Waals surface area contributed by atoms with E-state index in [1.807, 2.05) is 0 Å². The number of aromatic nitrogens is 2. The van der Waals surface area contributed by atoms with Crippen LogP contribution in [0.1, 0.15) is 24.7 Å². The lowest BCUT2D eigenvalue weighted by molar-refractivity contribution is 0.242. The van der Waals surface area contributed by atoms with Crippen LogP contribution in [0.25, 0.3) is 11.0 Å².